The normalized spacial score (nSPS) is 25.3. The number of nitrogens with zero attached hydrogens (tertiary/aromatic N) is 1. The second-order valence-electron chi connectivity index (χ2n) is 4.86. The van der Waals surface area contributed by atoms with E-state index in [4.69, 9.17) is 6.42 Å². The summed E-state index contributed by atoms with van der Waals surface area (Å²) < 4.78 is 0. The number of imide groups is 1. The van der Waals surface area contributed by atoms with Gasteiger partial charge in [0.15, 0.2) is 0 Å². The molecule has 0 radical (unpaired) electrons. The fourth-order valence-corrected chi connectivity index (χ4v) is 2.79. The van der Waals surface area contributed by atoms with Gasteiger partial charge in [-0.3, -0.25) is 9.59 Å². The second kappa shape index (κ2) is 4.40. The van der Waals surface area contributed by atoms with Gasteiger partial charge in [-0.15, -0.1) is 6.42 Å². The summed E-state index contributed by atoms with van der Waals surface area (Å²) in [5.74, 6) is 1.91. The summed E-state index contributed by atoms with van der Waals surface area (Å²) in [4.78, 5) is 26.0. The van der Waals surface area contributed by atoms with E-state index in [-0.39, 0.29) is 23.7 Å². The lowest BCUT2D eigenvalue weighted by molar-refractivity contribution is -0.122. The number of anilines is 1. The van der Waals surface area contributed by atoms with Crippen molar-refractivity contribution in [2.45, 2.75) is 12.8 Å². The van der Waals surface area contributed by atoms with Crippen molar-refractivity contribution in [3.8, 4) is 12.3 Å². The first kappa shape index (κ1) is 11.7. The van der Waals surface area contributed by atoms with Crippen LogP contribution >= 0.6 is 0 Å². The van der Waals surface area contributed by atoms with Crippen molar-refractivity contribution in [2.24, 2.45) is 11.8 Å². The molecule has 94 valence electrons. The molecule has 1 fully saturated rings. The monoisotopic (exact) mass is 251 g/mol. The van der Waals surface area contributed by atoms with Crippen LogP contribution in [0, 0.1) is 24.2 Å². The molecule has 3 heteroatoms. The molecule has 1 saturated heterocycles. The van der Waals surface area contributed by atoms with E-state index in [1.165, 1.54) is 4.90 Å². The minimum atomic E-state index is -0.202. The largest absolute Gasteiger partial charge is 0.274 e. The van der Waals surface area contributed by atoms with Crippen LogP contribution < -0.4 is 4.90 Å². The standard InChI is InChI=1S/C16H13NO2/c1-2-11-6-5-7-12(10-11)17-15(18)13-8-3-4-9-14(13)16(17)19/h1,3-7,10,13-14H,8-9H2. The molecule has 2 amide bonds. The maximum atomic E-state index is 12.4. The third-order valence-corrected chi connectivity index (χ3v) is 3.78. The SMILES string of the molecule is C#Cc1cccc(N2C(=O)C3CC=CCC3C2=O)c1. The van der Waals surface area contributed by atoms with Crippen LogP contribution in [0.1, 0.15) is 18.4 Å². The first-order valence-electron chi connectivity index (χ1n) is 6.32. The van der Waals surface area contributed by atoms with Gasteiger partial charge in [0.25, 0.3) is 0 Å². The molecule has 1 aromatic carbocycles. The summed E-state index contributed by atoms with van der Waals surface area (Å²) in [5.41, 5.74) is 1.26. The van der Waals surface area contributed by atoms with Gasteiger partial charge in [0.2, 0.25) is 11.8 Å². The van der Waals surface area contributed by atoms with Crippen molar-refractivity contribution in [1.29, 1.82) is 0 Å². The van der Waals surface area contributed by atoms with Crippen molar-refractivity contribution in [3.05, 3.63) is 42.0 Å². The van der Waals surface area contributed by atoms with Crippen LogP contribution in [0.3, 0.4) is 0 Å². The van der Waals surface area contributed by atoms with Crippen molar-refractivity contribution in [3.63, 3.8) is 0 Å². The molecule has 2 unspecified atom stereocenters. The Bertz CT molecular complexity index is 598. The highest BCUT2D eigenvalue weighted by molar-refractivity contribution is 6.22. The number of carbonyl (C=O) groups excluding carboxylic acids is 2. The van der Waals surface area contributed by atoms with E-state index < -0.39 is 0 Å². The van der Waals surface area contributed by atoms with Gasteiger partial charge < -0.3 is 0 Å². The van der Waals surface area contributed by atoms with E-state index >= 15 is 0 Å². The molecular formula is C16H13NO2. The predicted octanol–water partition coefficient (Wildman–Crippen LogP) is 2.12. The summed E-state index contributed by atoms with van der Waals surface area (Å²) >= 11 is 0. The van der Waals surface area contributed by atoms with E-state index in [1.54, 1.807) is 24.3 Å². The van der Waals surface area contributed by atoms with Gasteiger partial charge in [-0.2, -0.15) is 0 Å². The van der Waals surface area contributed by atoms with Crippen LogP contribution in [-0.2, 0) is 9.59 Å². The number of terminal acetylenes is 1. The van der Waals surface area contributed by atoms with Crippen molar-refractivity contribution in [1.82, 2.24) is 0 Å². The summed E-state index contributed by atoms with van der Waals surface area (Å²) in [6, 6.07) is 7.01. The Labute approximate surface area is 111 Å². The third-order valence-electron chi connectivity index (χ3n) is 3.78. The van der Waals surface area contributed by atoms with Crippen LogP contribution in [0.15, 0.2) is 36.4 Å². The molecular weight excluding hydrogens is 238 g/mol. The molecule has 1 heterocycles. The average molecular weight is 251 g/mol. The Balaban J connectivity index is 2.00. The Morgan fingerprint density at radius 2 is 1.74 bits per heavy atom. The zero-order valence-corrected chi connectivity index (χ0v) is 10.4. The molecule has 2 atom stereocenters. The van der Waals surface area contributed by atoms with E-state index in [0.717, 1.165) is 0 Å². The van der Waals surface area contributed by atoms with Gasteiger partial charge in [-0.1, -0.05) is 24.1 Å². The van der Waals surface area contributed by atoms with Gasteiger partial charge in [0.1, 0.15) is 0 Å². The highest BCUT2D eigenvalue weighted by Gasteiger charge is 2.47. The van der Waals surface area contributed by atoms with Gasteiger partial charge >= 0.3 is 0 Å². The first-order chi connectivity index (χ1) is 9.22. The Kier molecular flexibility index (Phi) is 2.72. The van der Waals surface area contributed by atoms with E-state index in [2.05, 4.69) is 5.92 Å². The van der Waals surface area contributed by atoms with E-state index in [1.807, 2.05) is 12.2 Å². The topological polar surface area (TPSA) is 37.4 Å². The van der Waals surface area contributed by atoms with Gasteiger partial charge in [-0.25, -0.2) is 4.90 Å². The Hall–Kier alpha value is -2.34. The highest BCUT2D eigenvalue weighted by atomic mass is 16.2. The lowest BCUT2D eigenvalue weighted by atomic mass is 9.85. The fourth-order valence-electron chi connectivity index (χ4n) is 2.79. The molecule has 19 heavy (non-hydrogen) atoms. The molecule has 0 N–H and O–H groups in total. The highest BCUT2D eigenvalue weighted by Crippen LogP contribution is 2.37. The quantitative estimate of drug-likeness (QED) is 0.435. The number of hydrogen-bond acceptors (Lipinski definition) is 2. The van der Waals surface area contributed by atoms with Crippen LogP contribution in [-0.4, -0.2) is 11.8 Å². The number of fused-ring (bicyclic) bond motifs is 1. The lowest BCUT2D eigenvalue weighted by Gasteiger charge is -2.14. The van der Waals surface area contributed by atoms with Crippen molar-refractivity contribution < 1.29 is 9.59 Å². The van der Waals surface area contributed by atoms with Crippen LogP contribution in [0.4, 0.5) is 5.69 Å². The zero-order chi connectivity index (χ0) is 13.4. The molecule has 1 aromatic rings. The first-order valence-corrected chi connectivity index (χ1v) is 6.32. The number of allylic oxidation sites excluding steroid dienone is 2. The molecule has 3 rings (SSSR count). The Morgan fingerprint density at radius 3 is 2.32 bits per heavy atom. The van der Waals surface area contributed by atoms with Crippen LogP contribution in [0.2, 0.25) is 0 Å². The molecule has 2 aliphatic rings. The maximum absolute atomic E-state index is 12.4. The summed E-state index contributed by atoms with van der Waals surface area (Å²) in [6.07, 6.45) is 10.6. The third kappa shape index (κ3) is 1.77. The summed E-state index contributed by atoms with van der Waals surface area (Å²) in [6.45, 7) is 0. The lowest BCUT2D eigenvalue weighted by Crippen LogP contribution is -2.30. The molecule has 3 nitrogen and oxygen atoms in total. The maximum Gasteiger partial charge on any atom is 0.238 e. The van der Waals surface area contributed by atoms with Crippen LogP contribution in [0.25, 0.3) is 0 Å². The molecule has 0 aromatic heterocycles. The molecule has 0 saturated carbocycles. The van der Waals surface area contributed by atoms with Crippen molar-refractivity contribution in [2.75, 3.05) is 4.90 Å². The smallest absolute Gasteiger partial charge is 0.238 e. The molecule has 1 aliphatic heterocycles. The van der Waals surface area contributed by atoms with E-state index in [0.29, 0.717) is 24.1 Å². The number of benzene rings is 1. The predicted molar refractivity (Wildman–Crippen MR) is 72.2 cm³/mol. The zero-order valence-electron chi connectivity index (χ0n) is 10.4. The number of rotatable bonds is 1. The van der Waals surface area contributed by atoms with Gasteiger partial charge in [0.05, 0.1) is 17.5 Å². The average Bonchev–Trinajstić information content (AvgIpc) is 2.72. The fraction of sp³-hybridized carbons (Fsp3) is 0.250. The van der Waals surface area contributed by atoms with E-state index in [9.17, 15) is 9.59 Å². The molecule has 0 bridgehead atoms. The second-order valence-corrected chi connectivity index (χ2v) is 4.86. The number of amides is 2. The summed E-state index contributed by atoms with van der Waals surface area (Å²) in [7, 11) is 0. The van der Waals surface area contributed by atoms with Crippen molar-refractivity contribution >= 4 is 17.5 Å². The van der Waals surface area contributed by atoms with Gasteiger partial charge in [0, 0.05) is 5.56 Å². The minimum Gasteiger partial charge on any atom is -0.274 e. The molecule has 0 spiro atoms. The number of carbonyl (C=O) groups is 2. The minimum absolute atomic E-state index is 0.103. The molecule has 1 aliphatic carbocycles. The summed E-state index contributed by atoms with van der Waals surface area (Å²) in [5, 5.41) is 0. The number of hydrogen-bond donors (Lipinski definition) is 0. The van der Waals surface area contributed by atoms with Crippen LogP contribution in [0.5, 0.6) is 0 Å². The Morgan fingerprint density at radius 1 is 1.11 bits per heavy atom. The van der Waals surface area contributed by atoms with Gasteiger partial charge in [-0.05, 0) is 31.0 Å².